The fraction of sp³-hybridized carbons (Fsp3) is 0.323. The lowest BCUT2D eigenvalue weighted by atomic mass is 9.89. The number of hydrogen-bond donors (Lipinski definition) is 4. The number of rotatable bonds is 11. The predicted molar refractivity (Wildman–Crippen MR) is 153 cm³/mol. The van der Waals surface area contributed by atoms with Crippen molar-refractivity contribution in [2.75, 3.05) is 11.9 Å². The number of amides is 2. The van der Waals surface area contributed by atoms with Gasteiger partial charge in [0.2, 0.25) is 5.91 Å². The van der Waals surface area contributed by atoms with Gasteiger partial charge in [0.1, 0.15) is 18.4 Å². The summed E-state index contributed by atoms with van der Waals surface area (Å²) in [4.78, 5) is 32.5. The van der Waals surface area contributed by atoms with E-state index in [1.807, 2.05) is 54.6 Å². The Balaban J connectivity index is 1.68. The van der Waals surface area contributed by atoms with Gasteiger partial charge in [-0.15, -0.1) is 0 Å². The summed E-state index contributed by atoms with van der Waals surface area (Å²) in [5, 5.41) is 25.8. The number of aliphatic imine (C=N–C) groups is 1. The first-order chi connectivity index (χ1) is 18.8. The number of anilines is 1. The van der Waals surface area contributed by atoms with Crippen molar-refractivity contribution in [1.82, 2.24) is 10.2 Å². The van der Waals surface area contributed by atoms with E-state index in [0.29, 0.717) is 41.3 Å². The van der Waals surface area contributed by atoms with Crippen LogP contribution in [0.25, 0.3) is 0 Å². The van der Waals surface area contributed by atoms with E-state index in [9.17, 15) is 19.8 Å². The van der Waals surface area contributed by atoms with Gasteiger partial charge in [0.15, 0.2) is 0 Å². The van der Waals surface area contributed by atoms with Crippen LogP contribution in [0.4, 0.5) is 11.4 Å². The normalized spacial score (nSPS) is 16.5. The molecule has 0 radical (unpaired) electrons. The highest BCUT2D eigenvalue weighted by molar-refractivity contribution is 6.24. The Bertz CT molecular complexity index is 1310. The minimum Gasteiger partial charge on any atom is -0.379 e. The number of carbonyl (C=O) groups excluding carboxylic acids is 2. The van der Waals surface area contributed by atoms with E-state index in [2.05, 4.69) is 17.6 Å². The van der Waals surface area contributed by atoms with Crippen LogP contribution in [0.15, 0.2) is 77.8 Å². The molecule has 3 aromatic rings. The molecular formula is C31H36N4O4. The van der Waals surface area contributed by atoms with E-state index in [4.69, 9.17) is 4.99 Å². The zero-order chi connectivity index (χ0) is 27.9. The Labute approximate surface area is 229 Å². The van der Waals surface area contributed by atoms with Gasteiger partial charge in [-0.05, 0) is 67.3 Å². The molecule has 4 rings (SSSR count). The molecule has 0 fully saturated rings. The number of fused-ring (bicyclic) bond motifs is 1. The average molecular weight is 529 g/mol. The Morgan fingerprint density at radius 1 is 1.00 bits per heavy atom. The molecule has 0 spiro atoms. The van der Waals surface area contributed by atoms with Crippen LogP contribution in [-0.4, -0.2) is 51.6 Å². The number of carbonyl (C=O) groups is 2. The average Bonchev–Trinajstić information content (AvgIpc) is 3.26. The number of nitrogens with one attached hydrogen (secondary N) is 2. The molecule has 0 bridgehead atoms. The van der Waals surface area contributed by atoms with Crippen molar-refractivity contribution in [2.24, 2.45) is 4.99 Å². The maximum absolute atomic E-state index is 13.3. The number of hydrogen-bond acceptors (Lipinski definition) is 6. The maximum atomic E-state index is 13.3. The highest BCUT2D eigenvalue weighted by Crippen LogP contribution is 2.37. The van der Waals surface area contributed by atoms with E-state index in [1.165, 1.54) is 0 Å². The van der Waals surface area contributed by atoms with Crippen LogP contribution in [0.5, 0.6) is 0 Å². The van der Waals surface area contributed by atoms with Crippen LogP contribution in [0, 0.1) is 0 Å². The number of nitrogens with zero attached hydrogens (tertiary/aromatic N) is 2. The predicted octanol–water partition coefficient (Wildman–Crippen LogP) is 4.55. The molecule has 39 heavy (non-hydrogen) atoms. The number of aliphatic hydroxyl groups excluding tert-OH is 2. The second kappa shape index (κ2) is 12.8. The molecule has 3 atom stereocenters. The summed E-state index contributed by atoms with van der Waals surface area (Å²) < 4.78 is 0. The van der Waals surface area contributed by atoms with Crippen molar-refractivity contribution in [2.45, 2.75) is 58.5 Å². The van der Waals surface area contributed by atoms with Crippen molar-refractivity contribution < 1.29 is 19.8 Å². The largest absolute Gasteiger partial charge is 0.379 e. The van der Waals surface area contributed by atoms with Crippen molar-refractivity contribution in [3.8, 4) is 0 Å². The lowest BCUT2D eigenvalue weighted by Gasteiger charge is -2.28. The van der Waals surface area contributed by atoms with Crippen molar-refractivity contribution >= 4 is 28.9 Å². The summed E-state index contributed by atoms with van der Waals surface area (Å²) in [6.07, 6.45) is 0.292. The van der Waals surface area contributed by atoms with E-state index >= 15 is 0 Å². The molecule has 3 unspecified atom stereocenters. The summed E-state index contributed by atoms with van der Waals surface area (Å²) in [7, 11) is 0. The van der Waals surface area contributed by atoms with Crippen LogP contribution in [0.3, 0.4) is 0 Å². The van der Waals surface area contributed by atoms with Gasteiger partial charge in [-0.25, -0.2) is 4.90 Å². The van der Waals surface area contributed by atoms with Crippen LogP contribution < -0.4 is 10.6 Å². The van der Waals surface area contributed by atoms with Gasteiger partial charge >= 0.3 is 0 Å². The standard InChI is InChI=1S/C31H36N4O4/c1-4-5-17-32-30(38)24-13-16-27-26(18-24)28(31(39)34-27)29(23-9-7-6-8-10-23)33-25-14-11-22(12-15-25)19-35(20(2)36)21(3)37/h6-16,18,20-21,28,36-37H,4-5,17,19H2,1-3H3,(H,32,38)(H,34,39). The first-order valence-electron chi connectivity index (χ1n) is 13.4. The summed E-state index contributed by atoms with van der Waals surface area (Å²) in [6.45, 7) is 6.27. The molecule has 0 saturated carbocycles. The highest BCUT2D eigenvalue weighted by Gasteiger charge is 2.36. The van der Waals surface area contributed by atoms with Gasteiger partial charge in [0.25, 0.3) is 5.91 Å². The molecule has 4 N–H and O–H groups in total. The number of unbranched alkanes of at least 4 members (excludes halogenated alkanes) is 1. The molecule has 8 heteroatoms. The highest BCUT2D eigenvalue weighted by atomic mass is 16.3. The third-order valence-electron chi connectivity index (χ3n) is 6.81. The first-order valence-corrected chi connectivity index (χ1v) is 13.4. The molecule has 8 nitrogen and oxygen atoms in total. The van der Waals surface area contributed by atoms with Gasteiger partial charge in [0.05, 0.1) is 11.4 Å². The van der Waals surface area contributed by atoms with Gasteiger partial charge in [0, 0.05) is 24.3 Å². The minimum atomic E-state index is -0.799. The van der Waals surface area contributed by atoms with E-state index in [1.54, 1.807) is 36.9 Å². The molecule has 1 aliphatic heterocycles. The zero-order valence-electron chi connectivity index (χ0n) is 22.6. The quantitative estimate of drug-likeness (QED) is 0.166. The second-order valence-corrected chi connectivity index (χ2v) is 9.80. The SMILES string of the molecule is CCCCNC(=O)c1ccc2c(c1)C(C(=Nc1ccc(CN(C(C)O)C(C)O)cc1)c1ccccc1)C(=O)N2. The second-order valence-electron chi connectivity index (χ2n) is 9.80. The van der Waals surface area contributed by atoms with Gasteiger partial charge in [-0.1, -0.05) is 55.8 Å². The molecule has 204 valence electrons. The summed E-state index contributed by atoms with van der Waals surface area (Å²) >= 11 is 0. The molecule has 2 amide bonds. The van der Waals surface area contributed by atoms with Gasteiger partial charge in [-0.3, -0.25) is 14.6 Å². The lowest BCUT2D eigenvalue weighted by molar-refractivity contribution is -0.115. The van der Waals surface area contributed by atoms with Crippen molar-refractivity contribution in [3.05, 3.63) is 95.1 Å². The smallest absolute Gasteiger partial charge is 0.251 e. The van der Waals surface area contributed by atoms with Crippen molar-refractivity contribution in [1.29, 1.82) is 0 Å². The Morgan fingerprint density at radius 3 is 2.33 bits per heavy atom. The van der Waals surface area contributed by atoms with E-state index < -0.39 is 18.4 Å². The molecule has 0 aromatic heterocycles. The lowest BCUT2D eigenvalue weighted by Crippen LogP contribution is -2.39. The van der Waals surface area contributed by atoms with E-state index in [-0.39, 0.29) is 11.8 Å². The third-order valence-corrected chi connectivity index (χ3v) is 6.81. The molecule has 0 aliphatic carbocycles. The Kier molecular flexibility index (Phi) is 9.24. The Hall–Kier alpha value is -3.85. The third kappa shape index (κ3) is 6.78. The molecule has 0 saturated heterocycles. The Morgan fingerprint density at radius 2 is 1.69 bits per heavy atom. The maximum Gasteiger partial charge on any atom is 0.251 e. The fourth-order valence-corrected chi connectivity index (χ4v) is 4.66. The topological polar surface area (TPSA) is 114 Å². The molecule has 1 heterocycles. The monoisotopic (exact) mass is 528 g/mol. The van der Waals surface area contributed by atoms with Crippen LogP contribution in [-0.2, 0) is 11.3 Å². The molecule has 3 aromatic carbocycles. The van der Waals surface area contributed by atoms with Crippen LogP contribution in [0.1, 0.15) is 66.6 Å². The number of benzene rings is 3. The van der Waals surface area contributed by atoms with Crippen LogP contribution in [0.2, 0.25) is 0 Å². The summed E-state index contributed by atoms with van der Waals surface area (Å²) in [6, 6.07) is 22.3. The minimum absolute atomic E-state index is 0.165. The molecular weight excluding hydrogens is 492 g/mol. The van der Waals surface area contributed by atoms with E-state index in [0.717, 1.165) is 24.0 Å². The molecule has 1 aliphatic rings. The van der Waals surface area contributed by atoms with Crippen LogP contribution >= 0.6 is 0 Å². The summed E-state index contributed by atoms with van der Waals surface area (Å²) in [5.74, 6) is -1.05. The number of aliphatic hydroxyl groups is 2. The first kappa shape index (κ1) is 28.2. The summed E-state index contributed by atoms with van der Waals surface area (Å²) in [5.41, 5.74) is 4.84. The van der Waals surface area contributed by atoms with Gasteiger partial charge in [-0.2, -0.15) is 0 Å². The fourth-order valence-electron chi connectivity index (χ4n) is 4.66. The van der Waals surface area contributed by atoms with Gasteiger partial charge < -0.3 is 20.8 Å². The van der Waals surface area contributed by atoms with Crippen molar-refractivity contribution in [3.63, 3.8) is 0 Å². The zero-order valence-corrected chi connectivity index (χ0v) is 22.6.